The third-order valence-corrected chi connectivity index (χ3v) is 3.84. The lowest BCUT2D eigenvalue weighted by Crippen LogP contribution is -1.90. The van der Waals surface area contributed by atoms with Gasteiger partial charge in [-0.25, -0.2) is 0 Å². The monoisotopic (exact) mass is 331 g/mol. The molecule has 102 valence electrons. The molecule has 0 radical (unpaired) electrons. The maximum atomic E-state index is 6.01. The number of aromatic nitrogens is 2. The number of benzene rings is 1. The predicted molar refractivity (Wildman–Crippen MR) is 83.3 cm³/mol. The third-order valence-electron chi connectivity index (χ3n) is 3.41. The first kappa shape index (κ1) is 13.0. The van der Waals surface area contributed by atoms with Crippen molar-refractivity contribution in [2.24, 2.45) is 0 Å². The van der Waals surface area contributed by atoms with Crippen LogP contribution in [0.5, 0.6) is 0 Å². The number of anilines is 1. The van der Waals surface area contributed by atoms with E-state index in [4.69, 9.17) is 10.2 Å². The highest BCUT2D eigenvalue weighted by Gasteiger charge is 2.17. The summed E-state index contributed by atoms with van der Waals surface area (Å²) < 4.78 is 6.26. The SMILES string of the molecule is Cc1ccc(-c2c(N)n[nH]c2-c2ccc(Br)o2)cc1C. The predicted octanol–water partition coefficient (Wildman–Crippen LogP) is 4.30. The van der Waals surface area contributed by atoms with Gasteiger partial charge in [0.05, 0.1) is 5.56 Å². The van der Waals surface area contributed by atoms with E-state index in [0.717, 1.165) is 16.8 Å². The van der Waals surface area contributed by atoms with Crippen molar-refractivity contribution in [3.8, 4) is 22.6 Å². The molecule has 4 nitrogen and oxygen atoms in total. The van der Waals surface area contributed by atoms with Gasteiger partial charge in [0.25, 0.3) is 0 Å². The summed E-state index contributed by atoms with van der Waals surface area (Å²) in [6, 6.07) is 9.96. The number of aromatic amines is 1. The molecule has 20 heavy (non-hydrogen) atoms. The van der Waals surface area contributed by atoms with E-state index in [1.54, 1.807) is 0 Å². The summed E-state index contributed by atoms with van der Waals surface area (Å²) in [6.07, 6.45) is 0. The van der Waals surface area contributed by atoms with Crippen molar-refractivity contribution in [1.82, 2.24) is 10.2 Å². The average Bonchev–Trinajstić information content (AvgIpc) is 2.99. The van der Waals surface area contributed by atoms with E-state index in [1.807, 2.05) is 18.2 Å². The van der Waals surface area contributed by atoms with Gasteiger partial charge in [-0.05, 0) is 58.6 Å². The highest BCUT2D eigenvalue weighted by Crippen LogP contribution is 2.36. The molecular formula is C15H14BrN3O. The molecule has 0 saturated heterocycles. The Hall–Kier alpha value is -2.01. The zero-order chi connectivity index (χ0) is 14.3. The summed E-state index contributed by atoms with van der Waals surface area (Å²) in [5, 5.41) is 7.05. The minimum atomic E-state index is 0.468. The van der Waals surface area contributed by atoms with Gasteiger partial charge in [-0.3, -0.25) is 5.10 Å². The van der Waals surface area contributed by atoms with E-state index in [9.17, 15) is 0 Å². The standard InChI is InChI=1S/C15H14BrN3O/c1-8-3-4-10(7-9(8)2)13-14(18-19-15(13)17)11-5-6-12(16)20-11/h3-7H,1-2H3,(H3,17,18,19). The first-order chi connectivity index (χ1) is 9.56. The van der Waals surface area contributed by atoms with Crippen LogP contribution < -0.4 is 5.73 Å². The number of nitrogens with two attached hydrogens (primary N) is 1. The van der Waals surface area contributed by atoms with Crippen LogP contribution in [0.2, 0.25) is 0 Å². The number of halogens is 1. The van der Waals surface area contributed by atoms with Gasteiger partial charge in [-0.15, -0.1) is 0 Å². The fourth-order valence-electron chi connectivity index (χ4n) is 2.17. The molecule has 2 aromatic heterocycles. The van der Waals surface area contributed by atoms with Gasteiger partial charge < -0.3 is 10.2 Å². The van der Waals surface area contributed by atoms with Crippen LogP contribution in [0.4, 0.5) is 5.82 Å². The Kier molecular flexibility index (Phi) is 3.14. The number of nitrogen functional groups attached to an aromatic ring is 1. The quantitative estimate of drug-likeness (QED) is 0.735. The van der Waals surface area contributed by atoms with Crippen molar-refractivity contribution in [2.75, 3.05) is 5.73 Å². The maximum absolute atomic E-state index is 6.01. The highest BCUT2D eigenvalue weighted by molar-refractivity contribution is 9.10. The second-order valence-corrected chi connectivity index (χ2v) is 5.54. The van der Waals surface area contributed by atoms with Crippen molar-refractivity contribution >= 4 is 21.7 Å². The van der Waals surface area contributed by atoms with Crippen molar-refractivity contribution in [2.45, 2.75) is 13.8 Å². The Morgan fingerprint density at radius 3 is 2.60 bits per heavy atom. The lowest BCUT2D eigenvalue weighted by Gasteiger charge is -2.06. The van der Waals surface area contributed by atoms with E-state index in [-0.39, 0.29) is 0 Å². The molecule has 0 aliphatic rings. The molecule has 0 saturated carbocycles. The summed E-state index contributed by atoms with van der Waals surface area (Å²) in [4.78, 5) is 0. The van der Waals surface area contributed by atoms with Crippen LogP contribution in [0.1, 0.15) is 11.1 Å². The van der Waals surface area contributed by atoms with E-state index in [2.05, 4.69) is 52.1 Å². The van der Waals surface area contributed by atoms with Gasteiger partial charge in [0, 0.05) is 0 Å². The molecule has 0 unspecified atom stereocenters. The Morgan fingerprint density at radius 1 is 1.15 bits per heavy atom. The first-order valence-corrected chi connectivity index (χ1v) is 7.02. The largest absolute Gasteiger partial charge is 0.448 e. The van der Waals surface area contributed by atoms with Gasteiger partial charge in [-0.2, -0.15) is 5.10 Å². The highest BCUT2D eigenvalue weighted by atomic mass is 79.9. The molecule has 3 rings (SSSR count). The van der Waals surface area contributed by atoms with Gasteiger partial charge in [0.1, 0.15) is 5.69 Å². The number of rotatable bonds is 2. The van der Waals surface area contributed by atoms with Crippen LogP contribution >= 0.6 is 15.9 Å². The molecule has 3 aromatic rings. The second kappa shape index (κ2) is 4.83. The van der Waals surface area contributed by atoms with Crippen molar-refractivity contribution in [3.05, 3.63) is 46.1 Å². The molecule has 0 aliphatic carbocycles. The summed E-state index contributed by atoms with van der Waals surface area (Å²) in [5.74, 6) is 1.17. The van der Waals surface area contributed by atoms with E-state index >= 15 is 0 Å². The zero-order valence-electron chi connectivity index (χ0n) is 11.2. The zero-order valence-corrected chi connectivity index (χ0v) is 12.8. The van der Waals surface area contributed by atoms with Crippen molar-refractivity contribution in [1.29, 1.82) is 0 Å². The summed E-state index contributed by atoms with van der Waals surface area (Å²) in [7, 11) is 0. The fraction of sp³-hybridized carbons (Fsp3) is 0.133. The van der Waals surface area contributed by atoms with Crippen LogP contribution in [0.3, 0.4) is 0 Å². The minimum absolute atomic E-state index is 0.468. The van der Waals surface area contributed by atoms with E-state index in [0.29, 0.717) is 16.2 Å². The fourth-order valence-corrected chi connectivity index (χ4v) is 2.48. The Balaban J connectivity index is 2.18. The number of nitrogens with zero attached hydrogens (tertiary/aromatic N) is 1. The topological polar surface area (TPSA) is 67.8 Å². The molecule has 0 spiro atoms. The average molecular weight is 332 g/mol. The Morgan fingerprint density at radius 2 is 1.95 bits per heavy atom. The lowest BCUT2D eigenvalue weighted by molar-refractivity contribution is 0.553. The van der Waals surface area contributed by atoms with Crippen LogP contribution in [0, 0.1) is 13.8 Å². The van der Waals surface area contributed by atoms with E-state index < -0.39 is 0 Å². The lowest BCUT2D eigenvalue weighted by atomic mass is 9.99. The summed E-state index contributed by atoms with van der Waals surface area (Å²) in [6.45, 7) is 4.17. The van der Waals surface area contributed by atoms with E-state index in [1.165, 1.54) is 11.1 Å². The number of nitrogens with one attached hydrogen (secondary N) is 1. The molecule has 2 heterocycles. The molecule has 0 amide bonds. The molecule has 1 aromatic carbocycles. The molecular weight excluding hydrogens is 318 g/mol. The molecule has 3 N–H and O–H groups in total. The maximum Gasteiger partial charge on any atom is 0.169 e. The molecule has 0 fully saturated rings. The smallest absolute Gasteiger partial charge is 0.169 e. The third kappa shape index (κ3) is 2.14. The number of H-pyrrole nitrogens is 1. The summed E-state index contributed by atoms with van der Waals surface area (Å²) in [5.41, 5.74) is 11.2. The number of aryl methyl sites for hydroxylation is 2. The molecule has 5 heteroatoms. The molecule has 0 bridgehead atoms. The van der Waals surface area contributed by atoms with Crippen LogP contribution in [0.25, 0.3) is 22.6 Å². The van der Waals surface area contributed by atoms with Gasteiger partial charge in [0.2, 0.25) is 0 Å². The van der Waals surface area contributed by atoms with Gasteiger partial charge >= 0.3 is 0 Å². The molecule has 0 aliphatic heterocycles. The van der Waals surface area contributed by atoms with Crippen LogP contribution in [-0.4, -0.2) is 10.2 Å². The van der Waals surface area contributed by atoms with Crippen molar-refractivity contribution < 1.29 is 4.42 Å². The van der Waals surface area contributed by atoms with Crippen LogP contribution in [-0.2, 0) is 0 Å². The second-order valence-electron chi connectivity index (χ2n) is 4.76. The number of hydrogen-bond donors (Lipinski definition) is 2. The van der Waals surface area contributed by atoms with Gasteiger partial charge in [0.15, 0.2) is 16.2 Å². The van der Waals surface area contributed by atoms with Crippen molar-refractivity contribution in [3.63, 3.8) is 0 Å². The summed E-state index contributed by atoms with van der Waals surface area (Å²) >= 11 is 3.31. The first-order valence-electron chi connectivity index (χ1n) is 6.23. The van der Waals surface area contributed by atoms with Gasteiger partial charge in [-0.1, -0.05) is 18.2 Å². The normalized spacial score (nSPS) is 10.9. The number of hydrogen-bond acceptors (Lipinski definition) is 3. The Bertz CT molecular complexity index is 773. The number of furan rings is 1. The van der Waals surface area contributed by atoms with Crippen LogP contribution in [0.15, 0.2) is 39.4 Å². The Labute approximate surface area is 125 Å². The minimum Gasteiger partial charge on any atom is -0.448 e. The molecule has 0 atom stereocenters.